The molecule has 3 nitrogen and oxygen atoms in total. The second-order valence-corrected chi connectivity index (χ2v) is 7.37. The van der Waals surface area contributed by atoms with Crippen LogP contribution in [0, 0.1) is 27.7 Å². The monoisotopic (exact) mass is 356 g/mol. The third-order valence-electron chi connectivity index (χ3n) is 5.30. The zero-order valence-electron chi connectivity index (χ0n) is 16.2. The summed E-state index contributed by atoms with van der Waals surface area (Å²) >= 11 is 0. The highest BCUT2D eigenvalue weighted by atomic mass is 16.2. The Hall–Kier alpha value is -3.07. The van der Waals surface area contributed by atoms with Gasteiger partial charge in [-0.3, -0.25) is 9.69 Å². The minimum Gasteiger partial charge on any atom is -0.361 e. The Balaban J connectivity index is 1.85. The quantitative estimate of drug-likeness (QED) is 0.654. The summed E-state index contributed by atoms with van der Waals surface area (Å²) in [5.74, 6) is 0.0415. The lowest BCUT2D eigenvalue weighted by molar-refractivity contribution is 0.0992. The largest absolute Gasteiger partial charge is 0.361 e. The van der Waals surface area contributed by atoms with Gasteiger partial charge < -0.3 is 5.32 Å². The second-order valence-electron chi connectivity index (χ2n) is 7.37. The van der Waals surface area contributed by atoms with Crippen LogP contribution in [-0.4, -0.2) is 5.91 Å². The van der Waals surface area contributed by atoms with Crippen LogP contribution in [0.5, 0.6) is 0 Å². The molecule has 0 aromatic heterocycles. The Bertz CT molecular complexity index is 1020. The van der Waals surface area contributed by atoms with Crippen LogP contribution in [-0.2, 0) is 0 Å². The van der Waals surface area contributed by atoms with Crippen LogP contribution in [0.3, 0.4) is 0 Å². The average Bonchev–Trinajstić information content (AvgIpc) is 2.91. The van der Waals surface area contributed by atoms with Crippen molar-refractivity contribution in [3.05, 3.63) is 94.0 Å². The molecule has 0 saturated carbocycles. The number of para-hydroxylation sites is 1. The first-order chi connectivity index (χ1) is 13.0. The highest BCUT2D eigenvalue weighted by Gasteiger charge is 2.38. The minimum absolute atomic E-state index is 0.0415. The highest BCUT2D eigenvalue weighted by Crippen LogP contribution is 2.40. The molecule has 0 aliphatic carbocycles. The number of nitrogens with one attached hydrogen (secondary N) is 1. The number of amides is 1. The van der Waals surface area contributed by atoms with E-state index >= 15 is 0 Å². The predicted molar refractivity (Wildman–Crippen MR) is 111 cm³/mol. The molecule has 0 fully saturated rings. The van der Waals surface area contributed by atoms with Crippen molar-refractivity contribution in [2.24, 2.45) is 0 Å². The van der Waals surface area contributed by atoms with Gasteiger partial charge in [0.25, 0.3) is 5.91 Å². The molecule has 3 heteroatoms. The fourth-order valence-corrected chi connectivity index (χ4v) is 4.09. The maximum Gasteiger partial charge on any atom is 0.260 e. The van der Waals surface area contributed by atoms with E-state index in [1.165, 1.54) is 16.7 Å². The van der Waals surface area contributed by atoms with E-state index in [9.17, 15) is 4.79 Å². The Labute approximate surface area is 160 Å². The van der Waals surface area contributed by atoms with Crippen molar-refractivity contribution < 1.29 is 4.79 Å². The molecule has 0 spiro atoms. The van der Waals surface area contributed by atoms with Gasteiger partial charge in [-0.15, -0.1) is 0 Å². The van der Waals surface area contributed by atoms with Gasteiger partial charge in [0.05, 0.1) is 0 Å². The average molecular weight is 356 g/mol. The summed E-state index contributed by atoms with van der Waals surface area (Å²) in [5, 5.41) is 3.67. The van der Waals surface area contributed by atoms with Crippen molar-refractivity contribution in [2.75, 3.05) is 10.2 Å². The molecule has 1 N–H and O–H groups in total. The summed E-state index contributed by atoms with van der Waals surface area (Å²) in [6.45, 7) is 8.38. The first-order valence-corrected chi connectivity index (χ1v) is 9.30. The van der Waals surface area contributed by atoms with E-state index in [1.807, 2.05) is 60.4 Å². The van der Waals surface area contributed by atoms with Gasteiger partial charge in [-0.2, -0.15) is 0 Å². The zero-order valence-corrected chi connectivity index (χ0v) is 16.2. The molecule has 1 atom stereocenters. The number of rotatable bonds is 3. The number of fused-ring (bicyclic) bond motifs is 1. The molecule has 0 unspecified atom stereocenters. The second kappa shape index (κ2) is 6.58. The molecule has 1 heterocycles. The fraction of sp³-hybridized carbons (Fsp3) is 0.208. The van der Waals surface area contributed by atoms with Crippen LogP contribution < -0.4 is 10.2 Å². The van der Waals surface area contributed by atoms with Crippen LogP contribution in [0.25, 0.3) is 0 Å². The van der Waals surface area contributed by atoms with Crippen molar-refractivity contribution in [1.82, 2.24) is 0 Å². The van der Waals surface area contributed by atoms with Gasteiger partial charge in [0, 0.05) is 22.5 Å². The van der Waals surface area contributed by atoms with Crippen molar-refractivity contribution in [2.45, 2.75) is 33.9 Å². The summed E-state index contributed by atoms with van der Waals surface area (Å²) in [6.07, 6.45) is -0.227. The summed E-state index contributed by atoms with van der Waals surface area (Å²) in [5.41, 5.74) is 8.53. The van der Waals surface area contributed by atoms with E-state index in [0.29, 0.717) is 0 Å². The summed E-state index contributed by atoms with van der Waals surface area (Å²) in [4.78, 5) is 15.1. The number of hydrogen-bond acceptors (Lipinski definition) is 2. The van der Waals surface area contributed by atoms with Crippen LogP contribution in [0.15, 0.2) is 60.7 Å². The van der Waals surface area contributed by atoms with E-state index in [0.717, 1.165) is 28.1 Å². The predicted octanol–water partition coefficient (Wildman–Crippen LogP) is 5.69. The Morgan fingerprint density at radius 1 is 0.815 bits per heavy atom. The smallest absolute Gasteiger partial charge is 0.260 e. The van der Waals surface area contributed by atoms with Crippen molar-refractivity contribution in [1.29, 1.82) is 0 Å². The summed E-state index contributed by atoms with van der Waals surface area (Å²) < 4.78 is 0. The molecule has 136 valence electrons. The van der Waals surface area contributed by atoms with Crippen molar-refractivity contribution in [3.63, 3.8) is 0 Å². The maximum absolute atomic E-state index is 13.3. The Morgan fingerprint density at radius 2 is 1.44 bits per heavy atom. The molecule has 1 aliphatic rings. The number of anilines is 2. The van der Waals surface area contributed by atoms with Crippen LogP contribution in [0.1, 0.15) is 44.3 Å². The molecular formula is C24H24N2O. The lowest BCUT2D eigenvalue weighted by Crippen LogP contribution is -2.33. The van der Waals surface area contributed by atoms with Crippen molar-refractivity contribution >= 4 is 17.3 Å². The molecule has 0 bridgehead atoms. The molecule has 1 aliphatic heterocycles. The van der Waals surface area contributed by atoms with E-state index in [1.54, 1.807) is 0 Å². The van der Waals surface area contributed by atoms with Crippen LogP contribution in [0.2, 0.25) is 0 Å². The van der Waals surface area contributed by atoms with Gasteiger partial charge in [-0.1, -0.05) is 54.1 Å². The first-order valence-electron chi connectivity index (χ1n) is 9.30. The molecular weight excluding hydrogens is 332 g/mol. The van der Waals surface area contributed by atoms with Crippen LogP contribution >= 0.6 is 0 Å². The number of hydrogen-bond donors (Lipinski definition) is 1. The number of carbonyl (C=O) groups excluding carboxylic acids is 1. The SMILES string of the molecule is Cc1cc(C)c(N[C@@H]2c3ccccc3C(=O)N2c2ccccc2C)c(C)c1. The van der Waals surface area contributed by atoms with E-state index < -0.39 is 0 Å². The lowest BCUT2D eigenvalue weighted by Gasteiger charge is -2.29. The van der Waals surface area contributed by atoms with E-state index in [2.05, 4.69) is 38.2 Å². The molecule has 3 aromatic carbocycles. The fourth-order valence-electron chi connectivity index (χ4n) is 4.09. The Morgan fingerprint density at radius 3 is 2.15 bits per heavy atom. The molecule has 0 radical (unpaired) electrons. The lowest BCUT2D eigenvalue weighted by atomic mass is 10.0. The third kappa shape index (κ3) is 2.89. The number of nitrogens with zero attached hydrogens (tertiary/aromatic N) is 1. The molecule has 4 rings (SSSR count). The topological polar surface area (TPSA) is 32.3 Å². The maximum atomic E-state index is 13.3. The van der Waals surface area contributed by atoms with Crippen molar-refractivity contribution in [3.8, 4) is 0 Å². The minimum atomic E-state index is -0.227. The van der Waals surface area contributed by atoms with E-state index in [4.69, 9.17) is 0 Å². The Kier molecular flexibility index (Phi) is 4.23. The summed E-state index contributed by atoms with van der Waals surface area (Å²) in [7, 11) is 0. The van der Waals surface area contributed by atoms with Gasteiger partial charge >= 0.3 is 0 Å². The highest BCUT2D eigenvalue weighted by molar-refractivity contribution is 6.11. The van der Waals surface area contributed by atoms with Gasteiger partial charge in [0.15, 0.2) is 0 Å². The number of aryl methyl sites for hydroxylation is 4. The van der Waals surface area contributed by atoms with Gasteiger partial charge in [-0.05, 0) is 56.5 Å². The third-order valence-corrected chi connectivity index (χ3v) is 5.30. The van der Waals surface area contributed by atoms with E-state index in [-0.39, 0.29) is 12.1 Å². The number of carbonyl (C=O) groups is 1. The summed E-state index contributed by atoms with van der Waals surface area (Å²) in [6, 6.07) is 20.3. The molecule has 0 saturated heterocycles. The standard InChI is InChI=1S/C24H24N2O/c1-15-13-17(3)22(18(4)14-15)25-23-19-10-6-7-11-20(19)24(27)26(23)21-12-8-5-9-16(21)2/h5-14,23,25H,1-4H3/t23-/m0/s1. The van der Waals surface area contributed by atoms with Gasteiger partial charge in [-0.25, -0.2) is 0 Å². The number of benzene rings is 3. The molecule has 3 aromatic rings. The normalized spacial score (nSPS) is 15.8. The molecule has 1 amide bonds. The van der Waals surface area contributed by atoms with Gasteiger partial charge in [0.1, 0.15) is 6.17 Å². The molecule has 27 heavy (non-hydrogen) atoms. The van der Waals surface area contributed by atoms with Crippen LogP contribution in [0.4, 0.5) is 11.4 Å². The zero-order chi connectivity index (χ0) is 19.1. The van der Waals surface area contributed by atoms with Gasteiger partial charge in [0.2, 0.25) is 0 Å². The first kappa shape index (κ1) is 17.3.